The Labute approximate surface area is 151 Å². The van der Waals surface area contributed by atoms with E-state index >= 15 is 0 Å². The first-order valence-electron chi connectivity index (χ1n) is 8.38. The minimum atomic E-state index is -3.22. The Morgan fingerprint density at radius 1 is 1.35 bits per heavy atom. The molecule has 1 aromatic heterocycles. The number of nitrogens with zero attached hydrogens (tertiary/aromatic N) is 4. The van der Waals surface area contributed by atoms with Crippen LogP contribution >= 0.6 is 0 Å². The Bertz CT molecular complexity index is 869. The highest BCUT2D eigenvalue weighted by Crippen LogP contribution is 2.28. The first-order chi connectivity index (χ1) is 12.4. The molecule has 0 spiro atoms. The van der Waals surface area contributed by atoms with E-state index in [2.05, 4.69) is 15.4 Å². The van der Waals surface area contributed by atoms with Crippen LogP contribution in [-0.2, 0) is 36.1 Å². The molecule has 7 nitrogen and oxygen atoms in total. The van der Waals surface area contributed by atoms with Crippen molar-refractivity contribution in [2.75, 3.05) is 17.6 Å². The predicted molar refractivity (Wildman–Crippen MR) is 93.4 cm³/mol. The van der Waals surface area contributed by atoms with Crippen LogP contribution in [0.4, 0.5) is 14.5 Å². The molecule has 142 valence electrons. The third-order valence-electron chi connectivity index (χ3n) is 4.43. The Kier molecular flexibility index (Phi) is 5.52. The number of aromatic nitrogens is 3. The summed E-state index contributed by atoms with van der Waals surface area (Å²) < 4.78 is 52.0. The van der Waals surface area contributed by atoms with Crippen LogP contribution in [0.3, 0.4) is 0 Å². The maximum absolute atomic E-state index is 12.6. The van der Waals surface area contributed by atoms with Crippen molar-refractivity contribution in [2.24, 2.45) is 0 Å². The summed E-state index contributed by atoms with van der Waals surface area (Å²) in [7, 11) is -3.22. The van der Waals surface area contributed by atoms with E-state index in [9.17, 15) is 17.2 Å². The van der Waals surface area contributed by atoms with Gasteiger partial charge in [-0.2, -0.15) is 9.40 Å². The number of hydrogen-bond acceptors (Lipinski definition) is 5. The zero-order valence-corrected chi connectivity index (χ0v) is 15.2. The van der Waals surface area contributed by atoms with Crippen molar-refractivity contribution in [3.05, 3.63) is 41.5 Å². The van der Waals surface area contributed by atoms with Crippen molar-refractivity contribution in [3.63, 3.8) is 0 Å². The summed E-state index contributed by atoms with van der Waals surface area (Å²) in [6.45, 7) is 2.19. The van der Waals surface area contributed by atoms with Crippen LogP contribution < -0.4 is 5.32 Å². The number of benzene rings is 1. The van der Waals surface area contributed by atoms with E-state index in [4.69, 9.17) is 0 Å². The van der Waals surface area contributed by atoms with Crippen LogP contribution in [0.2, 0.25) is 0 Å². The van der Waals surface area contributed by atoms with Crippen LogP contribution in [0.1, 0.15) is 23.9 Å². The van der Waals surface area contributed by atoms with Gasteiger partial charge in [-0.1, -0.05) is 12.1 Å². The van der Waals surface area contributed by atoms with Crippen molar-refractivity contribution in [1.29, 1.82) is 0 Å². The van der Waals surface area contributed by atoms with Gasteiger partial charge >= 0.3 is 0 Å². The molecule has 26 heavy (non-hydrogen) atoms. The van der Waals surface area contributed by atoms with Crippen molar-refractivity contribution < 1.29 is 17.2 Å². The SMILES string of the molecule is CCS(=O)(=O)N1CCc2c(cccc2NCc2ncnn2CC(F)F)C1. The van der Waals surface area contributed by atoms with Gasteiger partial charge in [0.15, 0.2) is 0 Å². The van der Waals surface area contributed by atoms with Crippen molar-refractivity contribution >= 4 is 15.7 Å². The van der Waals surface area contributed by atoms with Gasteiger partial charge in [-0.25, -0.2) is 26.9 Å². The molecule has 0 atom stereocenters. The molecule has 0 fully saturated rings. The van der Waals surface area contributed by atoms with E-state index in [0.717, 1.165) is 16.8 Å². The Morgan fingerprint density at radius 3 is 2.88 bits per heavy atom. The molecular formula is C16H21F2N5O2S. The standard InChI is InChI=1S/C16H21F2N5O2S/c1-2-26(24,25)22-7-6-13-12(9-22)4-3-5-14(13)19-8-16-20-11-21-23(16)10-15(17)18/h3-5,11,15,19H,2,6-10H2,1H3. The summed E-state index contributed by atoms with van der Waals surface area (Å²) in [5.74, 6) is 0.508. The van der Waals surface area contributed by atoms with Gasteiger partial charge in [0.05, 0.1) is 12.3 Å². The molecular weight excluding hydrogens is 364 g/mol. The summed E-state index contributed by atoms with van der Waals surface area (Å²) in [5, 5.41) is 7.03. The highest BCUT2D eigenvalue weighted by Gasteiger charge is 2.26. The van der Waals surface area contributed by atoms with Crippen LogP contribution in [-0.4, -0.2) is 46.2 Å². The Hall–Kier alpha value is -2.07. The Morgan fingerprint density at radius 2 is 2.15 bits per heavy atom. The van der Waals surface area contributed by atoms with Gasteiger partial charge in [0, 0.05) is 18.8 Å². The molecule has 0 amide bonds. The third-order valence-corrected chi connectivity index (χ3v) is 6.26. The van der Waals surface area contributed by atoms with E-state index in [1.165, 1.54) is 15.3 Å². The third kappa shape index (κ3) is 4.01. The zero-order valence-electron chi connectivity index (χ0n) is 14.4. The van der Waals surface area contributed by atoms with Crippen molar-refractivity contribution in [3.8, 4) is 0 Å². The molecule has 1 aliphatic rings. The average Bonchev–Trinajstić information content (AvgIpc) is 3.05. The number of anilines is 1. The van der Waals surface area contributed by atoms with E-state index in [1.54, 1.807) is 6.92 Å². The second-order valence-electron chi connectivity index (χ2n) is 6.03. The van der Waals surface area contributed by atoms with Gasteiger partial charge in [-0.15, -0.1) is 0 Å². The number of hydrogen-bond donors (Lipinski definition) is 1. The molecule has 0 radical (unpaired) electrons. The first-order valence-corrected chi connectivity index (χ1v) is 9.99. The zero-order chi connectivity index (χ0) is 18.7. The van der Waals surface area contributed by atoms with Gasteiger partial charge in [0.1, 0.15) is 18.7 Å². The van der Waals surface area contributed by atoms with Crippen LogP contribution in [0.15, 0.2) is 24.5 Å². The summed E-state index contributed by atoms with van der Waals surface area (Å²) >= 11 is 0. The molecule has 0 saturated heterocycles. The van der Waals surface area contributed by atoms with E-state index in [1.807, 2.05) is 18.2 Å². The molecule has 0 aliphatic carbocycles. The fraction of sp³-hybridized carbons (Fsp3) is 0.500. The second-order valence-corrected chi connectivity index (χ2v) is 8.29. The van der Waals surface area contributed by atoms with Crippen LogP contribution in [0, 0.1) is 0 Å². The van der Waals surface area contributed by atoms with E-state index in [0.29, 0.717) is 25.3 Å². The first kappa shape index (κ1) is 18.7. The second kappa shape index (κ2) is 7.67. The summed E-state index contributed by atoms with van der Waals surface area (Å²) in [4.78, 5) is 4.02. The van der Waals surface area contributed by atoms with Gasteiger partial charge in [0.25, 0.3) is 6.43 Å². The van der Waals surface area contributed by atoms with Gasteiger partial charge in [-0.05, 0) is 30.5 Å². The summed E-state index contributed by atoms with van der Waals surface area (Å²) in [6, 6.07) is 5.67. The number of sulfonamides is 1. The van der Waals surface area contributed by atoms with Gasteiger partial charge < -0.3 is 5.32 Å². The number of nitrogens with one attached hydrogen (secondary N) is 1. The lowest BCUT2D eigenvalue weighted by atomic mass is 9.99. The fourth-order valence-electron chi connectivity index (χ4n) is 3.05. The van der Waals surface area contributed by atoms with E-state index < -0.39 is 23.0 Å². The largest absolute Gasteiger partial charge is 0.378 e. The molecule has 0 bridgehead atoms. The maximum atomic E-state index is 12.6. The lowest BCUT2D eigenvalue weighted by Crippen LogP contribution is -2.37. The van der Waals surface area contributed by atoms with Crippen LogP contribution in [0.5, 0.6) is 0 Å². The topological polar surface area (TPSA) is 80.1 Å². The van der Waals surface area contributed by atoms with Crippen LogP contribution in [0.25, 0.3) is 0 Å². The van der Waals surface area contributed by atoms with Gasteiger partial charge in [0.2, 0.25) is 10.0 Å². The fourth-order valence-corrected chi connectivity index (χ4v) is 4.12. The molecule has 2 heterocycles. The molecule has 2 aromatic rings. The molecule has 0 unspecified atom stereocenters. The highest BCUT2D eigenvalue weighted by molar-refractivity contribution is 7.89. The average molecular weight is 385 g/mol. The predicted octanol–water partition coefficient (Wildman–Crippen LogP) is 1.86. The lowest BCUT2D eigenvalue weighted by Gasteiger charge is -2.29. The smallest absolute Gasteiger partial charge is 0.257 e. The Balaban J connectivity index is 1.74. The minimum Gasteiger partial charge on any atom is -0.378 e. The molecule has 10 heteroatoms. The van der Waals surface area contributed by atoms with Crippen molar-refractivity contribution in [2.45, 2.75) is 39.4 Å². The van der Waals surface area contributed by atoms with E-state index in [-0.39, 0.29) is 12.3 Å². The molecule has 3 rings (SSSR count). The molecule has 1 aliphatic heterocycles. The number of halogens is 2. The number of alkyl halides is 2. The van der Waals surface area contributed by atoms with Gasteiger partial charge in [-0.3, -0.25) is 0 Å². The highest BCUT2D eigenvalue weighted by atomic mass is 32.2. The lowest BCUT2D eigenvalue weighted by molar-refractivity contribution is 0.120. The number of fused-ring (bicyclic) bond motifs is 1. The molecule has 0 saturated carbocycles. The normalized spacial score (nSPS) is 15.2. The van der Waals surface area contributed by atoms with Crippen molar-refractivity contribution in [1.82, 2.24) is 19.1 Å². The monoisotopic (exact) mass is 385 g/mol. The minimum absolute atomic E-state index is 0.0834. The summed E-state index contributed by atoms with van der Waals surface area (Å²) in [5.41, 5.74) is 2.87. The maximum Gasteiger partial charge on any atom is 0.257 e. The quantitative estimate of drug-likeness (QED) is 0.787. The molecule has 1 N–H and O–H groups in total. The molecule has 1 aromatic carbocycles. The number of rotatable bonds is 7. The summed E-state index contributed by atoms with van der Waals surface area (Å²) in [6.07, 6.45) is -0.638.